The zero-order valence-electron chi connectivity index (χ0n) is 14.5. The van der Waals surface area contributed by atoms with E-state index in [1.165, 1.54) is 36.6 Å². The van der Waals surface area contributed by atoms with Crippen molar-refractivity contribution in [3.63, 3.8) is 0 Å². The molecule has 0 saturated heterocycles. The average Bonchev–Trinajstić information content (AvgIpc) is 3.12. The molecule has 5 nitrogen and oxygen atoms in total. The van der Waals surface area contributed by atoms with Gasteiger partial charge >= 0.3 is 6.61 Å². The monoisotopic (exact) mass is 390 g/mol. The van der Waals surface area contributed by atoms with Gasteiger partial charge in [0, 0.05) is 22.7 Å². The van der Waals surface area contributed by atoms with E-state index in [-0.39, 0.29) is 17.2 Å². The molecule has 1 aromatic heterocycles. The van der Waals surface area contributed by atoms with Crippen LogP contribution in [-0.4, -0.2) is 24.6 Å². The first kappa shape index (κ1) is 18.8. The third-order valence-corrected chi connectivity index (χ3v) is 4.56. The van der Waals surface area contributed by atoms with Crippen LogP contribution >= 0.6 is 11.3 Å². The van der Waals surface area contributed by atoms with Crippen molar-refractivity contribution in [3.05, 3.63) is 59.1 Å². The van der Waals surface area contributed by atoms with E-state index in [4.69, 9.17) is 4.74 Å². The molecule has 0 radical (unpaired) electrons. The van der Waals surface area contributed by atoms with Crippen LogP contribution in [0.4, 0.5) is 14.5 Å². The van der Waals surface area contributed by atoms with E-state index >= 15 is 0 Å². The van der Waals surface area contributed by atoms with Crippen LogP contribution in [0.3, 0.4) is 0 Å². The van der Waals surface area contributed by atoms with Gasteiger partial charge in [-0.2, -0.15) is 8.78 Å². The smallest absolute Gasteiger partial charge is 0.387 e. The molecule has 8 heteroatoms. The van der Waals surface area contributed by atoms with Gasteiger partial charge in [0.2, 0.25) is 0 Å². The van der Waals surface area contributed by atoms with Crippen LogP contribution < -0.4 is 14.8 Å². The number of aryl methyl sites for hydroxylation is 1. The van der Waals surface area contributed by atoms with Gasteiger partial charge in [-0.3, -0.25) is 4.79 Å². The number of nitrogens with zero attached hydrogens (tertiary/aromatic N) is 1. The number of amides is 1. The van der Waals surface area contributed by atoms with E-state index < -0.39 is 12.5 Å². The molecule has 27 heavy (non-hydrogen) atoms. The number of hydrogen-bond donors (Lipinski definition) is 1. The second-order valence-electron chi connectivity index (χ2n) is 5.60. The van der Waals surface area contributed by atoms with E-state index in [1.54, 1.807) is 5.38 Å². The molecule has 0 aliphatic rings. The lowest BCUT2D eigenvalue weighted by atomic mass is 10.2. The number of hydrogen-bond acceptors (Lipinski definition) is 5. The maximum atomic E-state index is 12.5. The summed E-state index contributed by atoms with van der Waals surface area (Å²) in [6, 6.07) is 12.1. The molecule has 3 aromatic rings. The Hall–Kier alpha value is -3.00. The number of halogens is 2. The summed E-state index contributed by atoms with van der Waals surface area (Å²) >= 11 is 1.35. The normalized spacial score (nSPS) is 10.7. The number of ether oxygens (including phenoxy) is 2. The van der Waals surface area contributed by atoms with Gasteiger partial charge in [0.15, 0.2) is 11.5 Å². The van der Waals surface area contributed by atoms with Gasteiger partial charge in [-0.1, -0.05) is 29.8 Å². The van der Waals surface area contributed by atoms with E-state index in [0.717, 1.165) is 16.1 Å². The SMILES string of the molecule is COc1ccc(NC(=O)c2csc(-c3ccc(C)cc3)n2)cc1OC(F)F. The zero-order chi connectivity index (χ0) is 19.4. The Labute approximate surface area is 158 Å². The highest BCUT2D eigenvalue weighted by Gasteiger charge is 2.15. The van der Waals surface area contributed by atoms with E-state index in [2.05, 4.69) is 15.0 Å². The van der Waals surface area contributed by atoms with Crippen LogP contribution in [0.2, 0.25) is 0 Å². The number of thiazole rings is 1. The number of alkyl halides is 2. The number of anilines is 1. The zero-order valence-corrected chi connectivity index (χ0v) is 15.3. The van der Waals surface area contributed by atoms with Gasteiger partial charge in [0.05, 0.1) is 7.11 Å². The molecule has 0 saturated carbocycles. The van der Waals surface area contributed by atoms with Crippen molar-refractivity contribution in [2.24, 2.45) is 0 Å². The molecule has 1 amide bonds. The minimum atomic E-state index is -3.00. The summed E-state index contributed by atoms with van der Waals surface area (Å²) in [5, 5.41) is 4.98. The number of carbonyl (C=O) groups excluding carboxylic acids is 1. The highest BCUT2D eigenvalue weighted by molar-refractivity contribution is 7.13. The minimum Gasteiger partial charge on any atom is -0.493 e. The standard InChI is InChI=1S/C19H16F2N2O3S/c1-11-3-5-12(6-4-11)18-23-14(10-27-18)17(24)22-13-7-8-15(25-2)16(9-13)26-19(20)21/h3-10,19H,1-2H3,(H,22,24). The Morgan fingerprint density at radius 2 is 1.89 bits per heavy atom. The molecular weight excluding hydrogens is 374 g/mol. The fourth-order valence-corrected chi connectivity index (χ4v) is 3.15. The lowest BCUT2D eigenvalue weighted by Gasteiger charge is -2.11. The Morgan fingerprint density at radius 1 is 1.15 bits per heavy atom. The quantitative estimate of drug-likeness (QED) is 0.645. The first-order valence-electron chi connectivity index (χ1n) is 7.93. The van der Waals surface area contributed by atoms with Crippen molar-refractivity contribution in [1.29, 1.82) is 0 Å². The van der Waals surface area contributed by atoms with Crippen LogP contribution in [-0.2, 0) is 0 Å². The van der Waals surface area contributed by atoms with Crippen LogP contribution in [0.1, 0.15) is 16.1 Å². The summed E-state index contributed by atoms with van der Waals surface area (Å²) < 4.78 is 34.4. The molecule has 3 rings (SSSR count). The molecule has 0 bridgehead atoms. The van der Waals surface area contributed by atoms with Crippen LogP contribution in [0.5, 0.6) is 11.5 Å². The second-order valence-corrected chi connectivity index (χ2v) is 6.46. The maximum absolute atomic E-state index is 12.5. The number of carbonyl (C=O) groups is 1. The third-order valence-electron chi connectivity index (χ3n) is 3.67. The van der Waals surface area contributed by atoms with E-state index in [1.807, 2.05) is 31.2 Å². The maximum Gasteiger partial charge on any atom is 0.387 e. The number of rotatable bonds is 6. The van der Waals surface area contributed by atoms with Gasteiger partial charge in [-0.05, 0) is 19.1 Å². The lowest BCUT2D eigenvalue weighted by Crippen LogP contribution is -2.12. The third kappa shape index (κ3) is 4.59. The molecule has 0 spiro atoms. The first-order chi connectivity index (χ1) is 13.0. The fourth-order valence-electron chi connectivity index (χ4n) is 2.34. The number of methoxy groups -OCH3 is 1. The van der Waals surface area contributed by atoms with E-state index in [9.17, 15) is 13.6 Å². The van der Waals surface area contributed by atoms with Gasteiger partial charge in [-0.25, -0.2) is 4.98 Å². The summed E-state index contributed by atoms with van der Waals surface area (Å²) in [6.07, 6.45) is 0. The summed E-state index contributed by atoms with van der Waals surface area (Å²) in [6.45, 7) is -1.01. The number of benzene rings is 2. The van der Waals surface area contributed by atoms with Crippen molar-refractivity contribution >= 4 is 22.9 Å². The minimum absolute atomic E-state index is 0.142. The van der Waals surface area contributed by atoms with Crippen LogP contribution in [0.15, 0.2) is 47.8 Å². The van der Waals surface area contributed by atoms with E-state index in [0.29, 0.717) is 5.69 Å². The van der Waals surface area contributed by atoms with Crippen LogP contribution in [0.25, 0.3) is 10.6 Å². The van der Waals surface area contributed by atoms with Gasteiger partial charge in [0.25, 0.3) is 5.91 Å². The van der Waals surface area contributed by atoms with Crippen molar-refractivity contribution in [2.75, 3.05) is 12.4 Å². The molecule has 2 aromatic carbocycles. The van der Waals surface area contributed by atoms with Crippen molar-refractivity contribution in [1.82, 2.24) is 4.98 Å². The highest BCUT2D eigenvalue weighted by atomic mass is 32.1. The van der Waals surface area contributed by atoms with Gasteiger partial charge in [0.1, 0.15) is 10.7 Å². The molecule has 0 atom stereocenters. The number of aromatic nitrogens is 1. The summed E-state index contributed by atoms with van der Waals surface area (Å²) in [5.74, 6) is -0.467. The molecule has 0 unspecified atom stereocenters. The topological polar surface area (TPSA) is 60.5 Å². The van der Waals surface area contributed by atoms with Crippen molar-refractivity contribution < 1.29 is 23.0 Å². The summed E-state index contributed by atoms with van der Waals surface area (Å²) in [5.41, 5.74) is 2.58. The predicted molar refractivity (Wildman–Crippen MR) is 99.9 cm³/mol. The van der Waals surface area contributed by atoms with Gasteiger partial charge < -0.3 is 14.8 Å². The second kappa shape index (κ2) is 8.13. The van der Waals surface area contributed by atoms with Crippen LogP contribution in [0, 0.1) is 6.92 Å². The largest absolute Gasteiger partial charge is 0.493 e. The molecular formula is C19H16F2N2O3S. The van der Waals surface area contributed by atoms with Crippen molar-refractivity contribution in [2.45, 2.75) is 13.5 Å². The van der Waals surface area contributed by atoms with Gasteiger partial charge in [-0.15, -0.1) is 11.3 Å². The molecule has 1 N–H and O–H groups in total. The Balaban J connectivity index is 1.76. The number of nitrogens with one attached hydrogen (secondary N) is 1. The average molecular weight is 390 g/mol. The predicted octanol–water partition coefficient (Wildman–Crippen LogP) is 4.98. The molecule has 1 heterocycles. The fraction of sp³-hybridized carbons (Fsp3) is 0.158. The Kier molecular flexibility index (Phi) is 5.66. The summed E-state index contributed by atoms with van der Waals surface area (Å²) in [4.78, 5) is 16.8. The first-order valence-corrected chi connectivity index (χ1v) is 8.81. The molecule has 0 aliphatic heterocycles. The molecule has 0 aliphatic carbocycles. The molecule has 140 valence electrons. The molecule has 0 fully saturated rings. The van der Waals surface area contributed by atoms with Crippen molar-refractivity contribution in [3.8, 4) is 22.1 Å². The Bertz CT molecular complexity index is 942. The highest BCUT2D eigenvalue weighted by Crippen LogP contribution is 2.32. The lowest BCUT2D eigenvalue weighted by molar-refractivity contribution is -0.0511. The summed E-state index contributed by atoms with van der Waals surface area (Å²) in [7, 11) is 1.34. The Morgan fingerprint density at radius 3 is 2.56 bits per heavy atom.